The van der Waals surface area contributed by atoms with Crippen LogP contribution in [0.3, 0.4) is 0 Å². The number of hydrogen-bond donors (Lipinski definition) is 1. The fourth-order valence-corrected chi connectivity index (χ4v) is 3.37. The number of amides is 1. The lowest BCUT2D eigenvalue weighted by Crippen LogP contribution is -2.46. The summed E-state index contributed by atoms with van der Waals surface area (Å²) in [6, 6.07) is 13.7. The summed E-state index contributed by atoms with van der Waals surface area (Å²) in [5.41, 5.74) is 1.82. The molecule has 1 fully saturated rings. The van der Waals surface area contributed by atoms with Crippen LogP contribution in [0.1, 0.15) is 15.9 Å². The van der Waals surface area contributed by atoms with Crippen LogP contribution < -0.4 is 10.2 Å². The minimum absolute atomic E-state index is 0.0156. The molecule has 29 heavy (non-hydrogen) atoms. The predicted molar refractivity (Wildman–Crippen MR) is 110 cm³/mol. The van der Waals surface area contributed by atoms with Gasteiger partial charge in [-0.3, -0.25) is 14.7 Å². The molecule has 0 saturated carbocycles. The van der Waals surface area contributed by atoms with Crippen molar-refractivity contribution in [3.63, 3.8) is 0 Å². The maximum absolute atomic E-state index is 13.7. The van der Waals surface area contributed by atoms with Crippen LogP contribution >= 0.6 is 0 Å². The van der Waals surface area contributed by atoms with Gasteiger partial charge in [-0.1, -0.05) is 12.1 Å². The summed E-state index contributed by atoms with van der Waals surface area (Å²) >= 11 is 0. The van der Waals surface area contributed by atoms with Crippen LogP contribution in [0.4, 0.5) is 15.9 Å². The van der Waals surface area contributed by atoms with E-state index in [1.54, 1.807) is 24.4 Å². The van der Waals surface area contributed by atoms with Crippen molar-refractivity contribution in [2.24, 2.45) is 0 Å². The molecule has 1 saturated heterocycles. The lowest BCUT2D eigenvalue weighted by Gasteiger charge is -2.35. The Morgan fingerprint density at radius 3 is 2.45 bits per heavy atom. The third-order valence-corrected chi connectivity index (χ3v) is 4.98. The third-order valence-electron chi connectivity index (χ3n) is 4.98. The van der Waals surface area contributed by atoms with E-state index in [0.717, 1.165) is 38.5 Å². The Morgan fingerprint density at radius 2 is 1.76 bits per heavy atom. The number of carbonyl (C=O) groups is 1. The number of rotatable bonds is 5. The number of nitrogens with zero attached hydrogens (tertiary/aromatic N) is 4. The number of aromatic nitrogens is 2. The second kappa shape index (κ2) is 8.79. The number of hydrogen-bond acceptors (Lipinski definition) is 5. The van der Waals surface area contributed by atoms with E-state index >= 15 is 0 Å². The Balaban J connectivity index is 1.32. The Morgan fingerprint density at radius 1 is 1.00 bits per heavy atom. The standard InChI is InChI=1S/C22H22FN5O/c23-20-4-2-1-3-19(20)22(29)26-18-5-6-21(25-15-18)28-13-11-27(12-14-28)16-17-7-9-24-10-8-17/h1-10,15H,11-14,16H2,(H,26,29). The highest BCUT2D eigenvalue weighted by atomic mass is 19.1. The van der Waals surface area contributed by atoms with E-state index in [9.17, 15) is 9.18 Å². The zero-order valence-electron chi connectivity index (χ0n) is 16.0. The molecule has 0 aliphatic carbocycles. The Hall–Kier alpha value is -3.32. The van der Waals surface area contributed by atoms with Gasteiger partial charge in [0.2, 0.25) is 0 Å². The van der Waals surface area contributed by atoms with Crippen molar-refractivity contribution in [1.82, 2.24) is 14.9 Å². The van der Waals surface area contributed by atoms with Gasteiger partial charge in [-0.15, -0.1) is 0 Å². The monoisotopic (exact) mass is 391 g/mol. The predicted octanol–water partition coefficient (Wildman–Crippen LogP) is 3.19. The summed E-state index contributed by atoms with van der Waals surface area (Å²) in [6.45, 7) is 4.61. The van der Waals surface area contributed by atoms with Crippen molar-refractivity contribution < 1.29 is 9.18 Å². The quantitative estimate of drug-likeness (QED) is 0.724. The fraction of sp³-hybridized carbons (Fsp3) is 0.227. The summed E-state index contributed by atoms with van der Waals surface area (Å²) in [7, 11) is 0. The number of halogens is 1. The van der Waals surface area contributed by atoms with Gasteiger partial charge in [-0.2, -0.15) is 0 Å². The molecule has 0 radical (unpaired) electrons. The highest BCUT2D eigenvalue weighted by molar-refractivity contribution is 6.04. The average molecular weight is 391 g/mol. The zero-order valence-corrected chi connectivity index (χ0v) is 16.0. The van der Waals surface area contributed by atoms with Gasteiger partial charge in [0.05, 0.1) is 17.4 Å². The van der Waals surface area contributed by atoms with E-state index in [-0.39, 0.29) is 5.56 Å². The minimum Gasteiger partial charge on any atom is -0.354 e. The number of pyridine rings is 2. The van der Waals surface area contributed by atoms with E-state index < -0.39 is 11.7 Å². The third kappa shape index (κ3) is 4.75. The molecule has 1 aromatic carbocycles. The summed E-state index contributed by atoms with van der Waals surface area (Å²) in [5, 5.41) is 2.69. The molecule has 0 unspecified atom stereocenters. The maximum atomic E-state index is 13.7. The molecular weight excluding hydrogens is 369 g/mol. The first-order valence-electron chi connectivity index (χ1n) is 9.57. The lowest BCUT2D eigenvalue weighted by molar-refractivity contribution is 0.102. The average Bonchev–Trinajstić information content (AvgIpc) is 2.76. The molecule has 7 heteroatoms. The number of piperazine rings is 1. The molecule has 1 amide bonds. The SMILES string of the molecule is O=C(Nc1ccc(N2CCN(Cc3ccncc3)CC2)nc1)c1ccccc1F. The van der Waals surface area contributed by atoms with Gasteiger partial charge in [0, 0.05) is 45.1 Å². The van der Waals surface area contributed by atoms with E-state index in [2.05, 4.69) is 25.1 Å². The van der Waals surface area contributed by atoms with Gasteiger partial charge in [-0.05, 0) is 42.0 Å². The van der Waals surface area contributed by atoms with Crippen molar-refractivity contribution in [2.75, 3.05) is 36.4 Å². The van der Waals surface area contributed by atoms with Gasteiger partial charge in [-0.25, -0.2) is 9.37 Å². The minimum atomic E-state index is -0.542. The normalized spacial score (nSPS) is 14.6. The molecule has 1 aliphatic heterocycles. The second-order valence-electron chi connectivity index (χ2n) is 6.96. The van der Waals surface area contributed by atoms with Gasteiger partial charge >= 0.3 is 0 Å². The molecular formula is C22H22FN5O. The molecule has 1 aliphatic rings. The van der Waals surface area contributed by atoms with Crippen molar-refractivity contribution in [3.8, 4) is 0 Å². The van der Waals surface area contributed by atoms with Gasteiger partial charge in [0.15, 0.2) is 0 Å². The molecule has 0 spiro atoms. The Bertz CT molecular complexity index is 956. The maximum Gasteiger partial charge on any atom is 0.258 e. The number of nitrogens with one attached hydrogen (secondary N) is 1. The highest BCUT2D eigenvalue weighted by Crippen LogP contribution is 2.18. The van der Waals surface area contributed by atoms with Crippen LogP contribution in [0.5, 0.6) is 0 Å². The van der Waals surface area contributed by atoms with Crippen molar-refractivity contribution in [2.45, 2.75) is 6.54 Å². The molecule has 1 N–H and O–H groups in total. The van der Waals surface area contributed by atoms with Crippen LogP contribution in [-0.4, -0.2) is 47.0 Å². The van der Waals surface area contributed by atoms with E-state index in [1.807, 2.05) is 30.6 Å². The van der Waals surface area contributed by atoms with Crippen LogP contribution in [0, 0.1) is 5.82 Å². The van der Waals surface area contributed by atoms with E-state index in [1.165, 1.54) is 17.7 Å². The van der Waals surface area contributed by atoms with Gasteiger partial charge in [0.1, 0.15) is 11.6 Å². The molecule has 2 aromatic heterocycles. The zero-order chi connectivity index (χ0) is 20.1. The molecule has 6 nitrogen and oxygen atoms in total. The van der Waals surface area contributed by atoms with Gasteiger partial charge in [0.25, 0.3) is 5.91 Å². The molecule has 148 valence electrons. The highest BCUT2D eigenvalue weighted by Gasteiger charge is 2.18. The first-order valence-corrected chi connectivity index (χ1v) is 9.57. The molecule has 4 rings (SSSR count). The molecule has 3 heterocycles. The second-order valence-corrected chi connectivity index (χ2v) is 6.96. The van der Waals surface area contributed by atoms with Crippen molar-refractivity contribution in [3.05, 3.63) is 84.1 Å². The molecule has 0 atom stereocenters. The van der Waals surface area contributed by atoms with Crippen LogP contribution in [0.25, 0.3) is 0 Å². The van der Waals surface area contributed by atoms with Gasteiger partial charge < -0.3 is 10.2 Å². The Kier molecular flexibility index (Phi) is 5.76. The topological polar surface area (TPSA) is 61.4 Å². The summed E-state index contributed by atoms with van der Waals surface area (Å²) < 4.78 is 13.7. The van der Waals surface area contributed by atoms with Crippen molar-refractivity contribution in [1.29, 1.82) is 0 Å². The first-order chi connectivity index (χ1) is 14.2. The summed E-state index contributed by atoms with van der Waals surface area (Å²) in [4.78, 5) is 25.4. The van der Waals surface area contributed by atoms with E-state index in [0.29, 0.717) is 5.69 Å². The van der Waals surface area contributed by atoms with Crippen molar-refractivity contribution >= 4 is 17.4 Å². The fourth-order valence-electron chi connectivity index (χ4n) is 3.37. The van der Waals surface area contributed by atoms with Crippen LogP contribution in [-0.2, 0) is 6.54 Å². The number of anilines is 2. The number of benzene rings is 1. The Labute approximate surface area is 169 Å². The lowest BCUT2D eigenvalue weighted by atomic mass is 10.2. The summed E-state index contributed by atoms with van der Waals surface area (Å²) in [6.07, 6.45) is 5.25. The smallest absolute Gasteiger partial charge is 0.258 e. The molecule has 3 aromatic rings. The molecule has 0 bridgehead atoms. The van der Waals surface area contributed by atoms with Crippen LogP contribution in [0.2, 0.25) is 0 Å². The number of carbonyl (C=O) groups excluding carboxylic acids is 1. The van der Waals surface area contributed by atoms with Crippen LogP contribution in [0.15, 0.2) is 67.1 Å². The largest absolute Gasteiger partial charge is 0.354 e. The van der Waals surface area contributed by atoms with E-state index in [4.69, 9.17) is 0 Å². The summed E-state index contributed by atoms with van der Waals surface area (Å²) in [5.74, 6) is -0.154. The first kappa shape index (κ1) is 19.0.